The second kappa shape index (κ2) is 59.4. The Morgan fingerprint density at radius 2 is 0.716 bits per heavy atom. The van der Waals surface area contributed by atoms with Crippen molar-refractivity contribution in [2.45, 2.75) is 139 Å². The number of halogens is 13. The molecule has 10 aliphatic rings. The summed E-state index contributed by atoms with van der Waals surface area (Å²) in [5.41, 5.74) is 5.47. The fraction of sp³-hybridized carbons (Fsp3) is 0.421. The summed E-state index contributed by atoms with van der Waals surface area (Å²) in [5.74, 6) is -3.80. The molecule has 10 atom stereocenters. The predicted molar refractivity (Wildman–Crippen MR) is 577 cm³/mol. The van der Waals surface area contributed by atoms with Crippen molar-refractivity contribution in [1.29, 1.82) is 0 Å². The van der Waals surface area contributed by atoms with Crippen molar-refractivity contribution in [3.05, 3.63) is 250 Å². The number of ether oxygens (including phenoxy) is 9. The van der Waals surface area contributed by atoms with Gasteiger partial charge in [0.1, 0.15) is 47.4 Å². The van der Waals surface area contributed by atoms with Crippen molar-refractivity contribution >= 4 is 248 Å². The van der Waals surface area contributed by atoms with Gasteiger partial charge in [-0.25, -0.2) is 56.7 Å². The first-order chi connectivity index (χ1) is 68.5. The summed E-state index contributed by atoms with van der Waals surface area (Å²) >= 11 is 56.7. The van der Waals surface area contributed by atoms with Crippen molar-refractivity contribution in [2.75, 3.05) is 101 Å². The Balaban J connectivity index is 0.000000250. The van der Waals surface area contributed by atoms with E-state index in [1.54, 1.807) is 31.7 Å². The number of morpholine rings is 3. The number of carboxylic acid groups (broad SMARTS) is 1. The van der Waals surface area contributed by atoms with Crippen molar-refractivity contribution in [2.24, 2.45) is 42.0 Å². The van der Waals surface area contributed by atoms with Crippen molar-refractivity contribution in [3.8, 4) is 0 Å². The Morgan fingerprint density at radius 1 is 0.453 bits per heavy atom. The SMILES string of the molecule is C.C.C.C.COC(=O)C1=C(C)NC(c2nccs2)=N[C@H]1c1ccc(F)cc1Cl.COC(=O)C1=C(CBr)NC(c2nccs2)=N[C@H]1c1ccc(F)cc1Cl.COC(=O)C1=C(CN2C3COCC2CC(C(=O)O)C3)NC(c2nccs2)=N[C@H]1c1ccc(F)cc1Cl.COC(=O)C1=C(CN2C3COCC2CC(C(=O)OC)C3)NC(c2nccs2)=N[C@H]1c1ccc(F)cc1Cl.COC(=O)C1CC2COCC(C1)N2.ClC(Cl)(Cl)Cl.[B].[B]=NS. The molecule has 148 heavy (non-hydrogen) atoms. The standard InChI is InChI=1S/C25H26ClFN4O5S.C24H24ClFN4O5S.C16H12BrClFN3O2S.C16H13ClFN3O2S.C9H15NO3.CCl4.4CH4.BHNS.B/c1-34-24(32)13-7-15-11-36-12-16(8-13)31(15)10-19-20(25(33)35-2)21(17-4-3-14(27)9-18(17)26)30-22(29-19)23-28-5-6-37-23;1-34-24(33)19-18(9-30-14-6-12(23(31)32)7-15(30)11-35-10-14)28-21(22-27-4-5-36-22)29-20(19)16-3-2-13(26)8-17(16)25;1-24-16(23)12-11(7-17)21-14(15-20-4-5-25-15)22-13(12)9-3-2-8(19)6-10(9)18;1-8-12(16(22)23-2)13(10-4-3-9(18)7-11(10)17)21-14(20-8)15-19-5-6-24-15;1-12-9(11)6-2-7-4-13-5-8(3-6)10-7;2-1(3,4)5;;;;;1-2-3;/h3-6,9,13,15-16,21H,7-8,10-12H2,1-2H3,(H,29,30);2-5,8,12,14-15,20H,6-7,9-11H2,1H3,(H,28,29)(H,31,32);2-6,13H,7H2,1H3,(H,21,22);3-7,13H,1-2H3,(H,20,21);6-8,10H,2-5H2,1H3;;4*1H4;3H;/t13?,15?,16?,21-;12?,14?,15?,20-;2*13-;;;;;;;;/m0000......../s1. The van der Waals surface area contributed by atoms with E-state index < -0.39 is 86.5 Å². The number of hydrogen-bond acceptors (Lipinski definition) is 37. The van der Waals surface area contributed by atoms with E-state index in [2.05, 4.69) is 107 Å². The number of piperidine rings is 3. The number of methoxy groups -OCH3 is 6. The van der Waals surface area contributed by atoms with Crippen LogP contribution in [0, 0.1) is 41.0 Å². The van der Waals surface area contributed by atoms with E-state index in [0.29, 0.717) is 182 Å². The third kappa shape index (κ3) is 32.6. The number of alkyl halides is 5. The van der Waals surface area contributed by atoms with Gasteiger partial charge in [0.25, 0.3) is 3.25 Å². The van der Waals surface area contributed by atoms with Gasteiger partial charge in [-0.2, -0.15) is 0 Å². The number of nitrogens with one attached hydrogen (secondary N) is 5. The molecule has 4 aromatic heterocycles. The van der Waals surface area contributed by atoms with Gasteiger partial charge in [0.15, 0.2) is 43.4 Å². The van der Waals surface area contributed by atoms with Crippen LogP contribution in [0.25, 0.3) is 0 Å². The molecular weight excluding hydrogens is 2260 g/mol. The third-order valence-electron chi connectivity index (χ3n) is 23.6. The number of fused-ring (bicyclic) bond motifs is 6. The number of carboxylic acids is 1. The fourth-order valence-electron chi connectivity index (χ4n) is 17.5. The second-order valence-corrected chi connectivity index (χ2v) is 41.8. The van der Waals surface area contributed by atoms with Gasteiger partial charge in [0, 0.05) is 175 Å². The van der Waals surface area contributed by atoms with Gasteiger partial charge in [0.05, 0.1) is 122 Å². The van der Waals surface area contributed by atoms with Crippen LogP contribution in [0.15, 0.2) is 188 Å². The van der Waals surface area contributed by atoms with Crippen LogP contribution in [0.4, 0.5) is 17.6 Å². The molecule has 4 aromatic carbocycles. The first kappa shape index (κ1) is 126. The number of aliphatic imine (C=N–C) groups is 4. The third-order valence-corrected chi connectivity index (χ3v) is 28.6. The number of allylic oxidation sites excluding steroid dienone is 2. The molecule has 4 radical (unpaired) electrons. The van der Waals surface area contributed by atoms with E-state index in [-0.39, 0.29) is 117 Å². The van der Waals surface area contributed by atoms with Gasteiger partial charge in [-0.15, -0.1) is 45.3 Å². The summed E-state index contributed by atoms with van der Waals surface area (Å²) in [5, 5.41) is 36.8. The summed E-state index contributed by atoms with van der Waals surface area (Å²) in [6.07, 6.45) is 10.4. The van der Waals surface area contributed by atoms with Crippen LogP contribution in [0.2, 0.25) is 20.1 Å². The molecule has 0 amide bonds. The van der Waals surface area contributed by atoms with Crippen LogP contribution < -0.4 is 26.6 Å². The molecule has 18 rings (SSSR count). The zero-order valence-electron chi connectivity index (χ0n) is 77.2. The van der Waals surface area contributed by atoms with E-state index in [0.717, 1.165) is 26.1 Å². The van der Waals surface area contributed by atoms with Crippen LogP contribution in [-0.2, 0) is 76.2 Å². The maximum absolute atomic E-state index is 13.9. The number of aliphatic carboxylic acids is 1. The molecule has 6 saturated heterocycles. The molecular formula is C95H107B2BrCl8F4N16O17S5. The minimum atomic E-state index is -1.61. The van der Waals surface area contributed by atoms with Gasteiger partial charge in [-0.05, 0) is 94.0 Å². The topological polar surface area (TPSA) is 403 Å². The molecule has 8 aromatic rings. The van der Waals surface area contributed by atoms with E-state index in [1.165, 1.54) is 161 Å². The van der Waals surface area contributed by atoms with Crippen LogP contribution >= 0.6 is 167 Å². The molecule has 0 aliphatic carbocycles. The molecule has 6 bridgehead atoms. The number of thiol groups is 1. The Morgan fingerprint density at radius 3 is 0.986 bits per heavy atom. The Kier molecular flexibility index (Phi) is 50.5. The molecule has 10 aliphatic heterocycles. The van der Waals surface area contributed by atoms with Crippen molar-refractivity contribution in [1.82, 2.24) is 56.3 Å². The van der Waals surface area contributed by atoms with Crippen LogP contribution in [0.5, 0.6) is 0 Å². The molecule has 0 spiro atoms. The van der Waals surface area contributed by atoms with Gasteiger partial charge < -0.3 is 74.3 Å². The average molecular weight is 2370 g/mol. The van der Waals surface area contributed by atoms with Gasteiger partial charge in [-0.1, -0.05) is 163 Å². The summed E-state index contributed by atoms with van der Waals surface area (Å²) in [6.45, 7) is 5.61. The molecule has 14 heterocycles. The van der Waals surface area contributed by atoms with Crippen LogP contribution in [0.1, 0.15) is 142 Å². The van der Waals surface area contributed by atoms with Crippen LogP contribution in [-0.4, -0.2) is 256 Å². The van der Waals surface area contributed by atoms with Gasteiger partial charge in [-0.3, -0.25) is 44.2 Å². The van der Waals surface area contributed by atoms with Gasteiger partial charge in [0.2, 0.25) is 0 Å². The molecule has 33 nitrogen and oxygen atoms in total. The first-order valence-electron chi connectivity index (χ1n) is 43.3. The zero-order chi connectivity index (χ0) is 103. The maximum atomic E-state index is 13.9. The Hall–Kier alpha value is -8.91. The van der Waals surface area contributed by atoms with Gasteiger partial charge >= 0.3 is 66.5 Å². The number of rotatable bonds is 20. The number of nitrogens with zero attached hydrogens (tertiary/aromatic N) is 11. The van der Waals surface area contributed by atoms with Crippen molar-refractivity contribution in [3.63, 3.8) is 0 Å². The van der Waals surface area contributed by atoms with E-state index in [9.17, 15) is 56.2 Å². The number of hydrogen-bond donors (Lipinski definition) is 7. The monoisotopic (exact) mass is 2360 g/mol. The number of aromatic nitrogens is 4. The number of carbonyl (C=O) groups excluding carboxylic acids is 6. The number of esters is 6. The second-order valence-electron chi connectivity index (χ2n) is 32.4. The average Bonchev–Trinajstić information content (AvgIpc) is 1.03. The normalized spacial score (nSPS) is 22.4. The molecule has 6 N–H and O–H groups in total. The predicted octanol–water partition coefficient (Wildman–Crippen LogP) is 18.3. The van der Waals surface area contributed by atoms with Crippen molar-refractivity contribution < 1.29 is 98.9 Å². The summed E-state index contributed by atoms with van der Waals surface area (Å²) in [7, 11) is 12.4. The quantitative estimate of drug-likeness (QED) is 0.00930. The zero-order valence-corrected chi connectivity index (χ0v) is 89.0. The number of carbonyl (C=O) groups is 7. The summed E-state index contributed by atoms with van der Waals surface area (Å²) in [6, 6.07) is 13.2. The molecule has 6 fully saturated rings. The first-order valence-corrected chi connectivity index (χ1v) is 51.3. The molecule has 6 unspecified atom stereocenters. The number of benzene rings is 4. The van der Waals surface area contributed by atoms with E-state index >= 15 is 0 Å². The summed E-state index contributed by atoms with van der Waals surface area (Å²) < 4.78 is 102. The fourth-order valence-corrected chi connectivity index (χ4v) is 21.3. The van der Waals surface area contributed by atoms with E-state index in [1.807, 2.05) is 21.5 Å². The molecule has 0 saturated carbocycles. The number of thiazole rings is 4. The van der Waals surface area contributed by atoms with E-state index in [4.69, 9.17) is 145 Å². The minimum absolute atomic E-state index is 0. The molecule has 796 valence electrons. The molecule has 53 heteroatoms. The summed E-state index contributed by atoms with van der Waals surface area (Å²) in [4.78, 5) is 126. The Labute approximate surface area is 926 Å². The Bertz CT molecular complexity index is 6150. The number of amidine groups is 4. The van der Waals surface area contributed by atoms with Crippen LogP contribution in [0.3, 0.4) is 0 Å².